The Morgan fingerprint density at radius 1 is 1.10 bits per heavy atom. The number of benzene rings is 2. The number of rotatable bonds is 6. The molecule has 106 valence electrons. The Hall–Kier alpha value is -1.87. The van der Waals surface area contributed by atoms with Crippen LogP contribution >= 0.6 is 0 Å². The number of amides is 1. The van der Waals surface area contributed by atoms with Crippen molar-refractivity contribution in [1.29, 1.82) is 0 Å². The third-order valence-electron chi connectivity index (χ3n) is 3.76. The minimum atomic E-state index is -0.237. The van der Waals surface area contributed by atoms with Crippen LogP contribution in [-0.2, 0) is 4.79 Å². The molecule has 4 N–H and O–H groups in total. The first-order chi connectivity index (χ1) is 9.59. The molecule has 2 aromatic rings. The molecule has 0 aliphatic rings. The highest BCUT2D eigenvalue weighted by Gasteiger charge is 2.10. The van der Waals surface area contributed by atoms with Crippen molar-refractivity contribution in [3.05, 3.63) is 47.5 Å². The lowest BCUT2D eigenvalue weighted by molar-refractivity contribution is -0.118. The van der Waals surface area contributed by atoms with Gasteiger partial charge in [-0.3, -0.25) is 4.79 Å². The van der Waals surface area contributed by atoms with E-state index in [2.05, 4.69) is 37.3 Å². The molecule has 0 radical (unpaired) electrons. The molecule has 0 heterocycles. The number of primary amides is 1. The summed E-state index contributed by atoms with van der Waals surface area (Å²) in [6.07, 6.45) is 3.06. The predicted octanol–water partition coefficient (Wildman–Crippen LogP) is 3.19. The van der Waals surface area contributed by atoms with Gasteiger partial charge < -0.3 is 11.5 Å². The van der Waals surface area contributed by atoms with Crippen LogP contribution in [0.5, 0.6) is 0 Å². The van der Waals surface area contributed by atoms with Crippen LogP contribution in [0.15, 0.2) is 36.4 Å². The largest absolute Gasteiger partial charge is 0.370 e. The number of hydrogen-bond acceptors (Lipinski definition) is 2. The lowest BCUT2D eigenvalue weighted by Gasteiger charge is -2.16. The fourth-order valence-electron chi connectivity index (χ4n) is 2.62. The van der Waals surface area contributed by atoms with Gasteiger partial charge in [-0.15, -0.1) is 0 Å². The first kappa shape index (κ1) is 14.5. The van der Waals surface area contributed by atoms with Gasteiger partial charge >= 0.3 is 0 Å². The first-order valence-corrected chi connectivity index (χ1v) is 7.11. The summed E-state index contributed by atoms with van der Waals surface area (Å²) in [5.74, 6) is -0.237. The van der Waals surface area contributed by atoms with Gasteiger partial charge in [0.1, 0.15) is 0 Å². The quantitative estimate of drug-likeness (QED) is 0.791. The summed E-state index contributed by atoms with van der Waals surface area (Å²) in [5.41, 5.74) is 13.9. The van der Waals surface area contributed by atoms with E-state index in [0.717, 1.165) is 19.3 Å². The van der Waals surface area contributed by atoms with Crippen LogP contribution in [0.1, 0.15) is 42.9 Å². The summed E-state index contributed by atoms with van der Waals surface area (Å²) in [4.78, 5) is 10.7. The van der Waals surface area contributed by atoms with Gasteiger partial charge in [-0.05, 0) is 41.7 Å². The van der Waals surface area contributed by atoms with Crippen LogP contribution < -0.4 is 11.5 Å². The monoisotopic (exact) mass is 270 g/mol. The predicted molar refractivity (Wildman–Crippen MR) is 83.3 cm³/mol. The van der Waals surface area contributed by atoms with Gasteiger partial charge in [0, 0.05) is 12.5 Å². The van der Waals surface area contributed by atoms with E-state index in [9.17, 15) is 4.79 Å². The number of fused-ring (bicyclic) bond motifs is 1. The Kier molecular flexibility index (Phi) is 4.74. The Bertz CT molecular complexity index is 607. The SMILES string of the molecule is Cc1ccc(C(N)CCCCC(N)=O)c2ccccc12. The van der Waals surface area contributed by atoms with E-state index in [1.807, 2.05) is 6.07 Å². The molecule has 3 heteroatoms. The van der Waals surface area contributed by atoms with E-state index in [4.69, 9.17) is 11.5 Å². The van der Waals surface area contributed by atoms with Crippen LogP contribution in [0.4, 0.5) is 0 Å². The molecule has 2 rings (SSSR count). The van der Waals surface area contributed by atoms with Crippen LogP contribution in [0.25, 0.3) is 10.8 Å². The van der Waals surface area contributed by atoms with Gasteiger partial charge in [-0.25, -0.2) is 0 Å². The summed E-state index contributed by atoms with van der Waals surface area (Å²) < 4.78 is 0. The summed E-state index contributed by atoms with van der Waals surface area (Å²) in [5, 5.41) is 2.49. The number of unbranched alkanes of at least 4 members (excludes halogenated alkanes) is 1. The molecule has 0 spiro atoms. The average molecular weight is 270 g/mol. The molecule has 3 nitrogen and oxygen atoms in total. The van der Waals surface area contributed by atoms with Crippen LogP contribution in [0.2, 0.25) is 0 Å². The van der Waals surface area contributed by atoms with Crippen molar-refractivity contribution in [2.75, 3.05) is 0 Å². The second-order valence-corrected chi connectivity index (χ2v) is 5.34. The molecule has 0 bridgehead atoms. The number of aryl methyl sites for hydroxylation is 1. The van der Waals surface area contributed by atoms with Gasteiger partial charge in [0.25, 0.3) is 0 Å². The molecule has 0 saturated heterocycles. The summed E-state index contributed by atoms with van der Waals surface area (Å²) in [6.45, 7) is 2.12. The molecule has 2 aromatic carbocycles. The maximum absolute atomic E-state index is 10.7. The topological polar surface area (TPSA) is 69.1 Å². The van der Waals surface area contributed by atoms with Crippen molar-refractivity contribution >= 4 is 16.7 Å². The highest BCUT2D eigenvalue weighted by atomic mass is 16.1. The normalized spacial score (nSPS) is 12.5. The standard InChI is InChI=1S/C17H22N2O/c1-12-10-11-15(14-7-3-2-6-13(12)14)16(18)8-4-5-9-17(19)20/h2-3,6-7,10-11,16H,4-5,8-9,18H2,1H3,(H2,19,20). The number of hydrogen-bond donors (Lipinski definition) is 2. The zero-order valence-electron chi connectivity index (χ0n) is 11.9. The maximum atomic E-state index is 10.7. The number of carbonyl (C=O) groups is 1. The van der Waals surface area contributed by atoms with Crippen molar-refractivity contribution in [2.24, 2.45) is 11.5 Å². The second-order valence-electron chi connectivity index (χ2n) is 5.34. The molecule has 0 aliphatic carbocycles. The van der Waals surface area contributed by atoms with Crippen molar-refractivity contribution in [1.82, 2.24) is 0 Å². The molecule has 1 atom stereocenters. The number of carbonyl (C=O) groups excluding carboxylic acids is 1. The highest BCUT2D eigenvalue weighted by Crippen LogP contribution is 2.28. The molecule has 0 saturated carbocycles. The smallest absolute Gasteiger partial charge is 0.217 e. The fourth-order valence-corrected chi connectivity index (χ4v) is 2.62. The van der Waals surface area contributed by atoms with E-state index in [0.29, 0.717) is 6.42 Å². The first-order valence-electron chi connectivity index (χ1n) is 7.11. The zero-order valence-corrected chi connectivity index (χ0v) is 11.9. The minimum Gasteiger partial charge on any atom is -0.370 e. The fraction of sp³-hybridized carbons (Fsp3) is 0.353. The van der Waals surface area contributed by atoms with Crippen molar-refractivity contribution in [3.63, 3.8) is 0 Å². The third kappa shape index (κ3) is 3.36. The van der Waals surface area contributed by atoms with E-state index in [-0.39, 0.29) is 11.9 Å². The highest BCUT2D eigenvalue weighted by molar-refractivity contribution is 5.88. The molecular formula is C17H22N2O. The van der Waals surface area contributed by atoms with Gasteiger partial charge in [0.2, 0.25) is 5.91 Å². The van der Waals surface area contributed by atoms with Crippen LogP contribution in [0.3, 0.4) is 0 Å². The summed E-state index contributed by atoms with van der Waals surface area (Å²) in [6, 6.07) is 12.6. The zero-order chi connectivity index (χ0) is 14.5. The van der Waals surface area contributed by atoms with Gasteiger partial charge in [-0.1, -0.05) is 42.8 Å². The van der Waals surface area contributed by atoms with Gasteiger partial charge in [0.05, 0.1) is 0 Å². The van der Waals surface area contributed by atoms with E-state index in [1.54, 1.807) is 0 Å². The number of nitrogens with two attached hydrogens (primary N) is 2. The Morgan fingerprint density at radius 3 is 2.50 bits per heavy atom. The van der Waals surface area contributed by atoms with Gasteiger partial charge in [0.15, 0.2) is 0 Å². The van der Waals surface area contributed by atoms with Gasteiger partial charge in [-0.2, -0.15) is 0 Å². The average Bonchev–Trinajstić information content (AvgIpc) is 2.44. The summed E-state index contributed by atoms with van der Waals surface area (Å²) >= 11 is 0. The lowest BCUT2D eigenvalue weighted by atomic mass is 9.93. The van der Waals surface area contributed by atoms with Crippen molar-refractivity contribution in [3.8, 4) is 0 Å². The molecule has 1 unspecified atom stereocenters. The van der Waals surface area contributed by atoms with E-state index >= 15 is 0 Å². The van der Waals surface area contributed by atoms with E-state index in [1.165, 1.54) is 21.9 Å². The third-order valence-corrected chi connectivity index (χ3v) is 3.76. The molecule has 1 amide bonds. The van der Waals surface area contributed by atoms with E-state index < -0.39 is 0 Å². The van der Waals surface area contributed by atoms with Crippen LogP contribution in [0, 0.1) is 6.92 Å². The molecule has 0 aromatic heterocycles. The molecule has 0 aliphatic heterocycles. The lowest BCUT2D eigenvalue weighted by Crippen LogP contribution is -2.12. The summed E-state index contributed by atoms with van der Waals surface area (Å²) in [7, 11) is 0. The molecular weight excluding hydrogens is 248 g/mol. The minimum absolute atomic E-state index is 0.00776. The Morgan fingerprint density at radius 2 is 1.80 bits per heavy atom. The van der Waals surface area contributed by atoms with Crippen molar-refractivity contribution in [2.45, 2.75) is 38.6 Å². The Balaban J connectivity index is 2.12. The Labute approximate surface area is 120 Å². The maximum Gasteiger partial charge on any atom is 0.217 e. The molecule has 0 fully saturated rings. The second kappa shape index (κ2) is 6.53. The van der Waals surface area contributed by atoms with Crippen molar-refractivity contribution < 1.29 is 4.79 Å². The molecule has 20 heavy (non-hydrogen) atoms. The van der Waals surface area contributed by atoms with Crippen LogP contribution in [-0.4, -0.2) is 5.91 Å².